The quantitative estimate of drug-likeness (QED) is 0.910. The molecule has 0 bridgehead atoms. The molecule has 0 aliphatic heterocycles. The fraction of sp³-hybridized carbons (Fsp3) is 0.231. The molecule has 2 aromatic rings. The van der Waals surface area contributed by atoms with Crippen LogP contribution in [0.3, 0.4) is 0 Å². The molecule has 1 aromatic carbocycles. The van der Waals surface area contributed by atoms with Gasteiger partial charge in [-0.3, -0.25) is 0 Å². The van der Waals surface area contributed by atoms with Crippen LogP contribution in [0, 0.1) is 13.8 Å². The third-order valence-electron chi connectivity index (χ3n) is 2.56. The molecule has 0 spiro atoms. The molecule has 1 heterocycles. The van der Waals surface area contributed by atoms with Crippen molar-refractivity contribution >= 4 is 15.9 Å². The highest BCUT2D eigenvalue weighted by atomic mass is 79.9. The third kappa shape index (κ3) is 2.20. The summed E-state index contributed by atoms with van der Waals surface area (Å²) in [6, 6.07) is 9.77. The predicted octanol–water partition coefficient (Wildman–Crippen LogP) is 3.71. The molecule has 0 radical (unpaired) electrons. The molecule has 3 heteroatoms. The zero-order valence-corrected chi connectivity index (χ0v) is 10.9. The molecule has 1 aromatic heterocycles. The molecule has 0 saturated carbocycles. The van der Waals surface area contributed by atoms with Gasteiger partial charge in [0.15, 0.2) is 0 Å². The molecule has 84 valence electrons. The van der Waals surface area contributed by atoms with E-state index in [-0.39, 0.29) is 6.04 Å². The Morgan fingerprint density at radius 2 is 1.94 bits per heavy atom. The number of aryl methyl sites for hydroxylation is 2. The molecule has 0 amide bonds. The Balaban J connectivity index is 2.37. The van der Waals surface area contributed by atoms with Crippen LogP contribution in [0.4, 0.5) is 0 Å². The summed E-state index contributed by atoms with van der Waals surface area (Å²) < 4.78 is 6.56. The van der Waals surface area contributed by atoms with Crippen molar-refractivity contribution in [3.63, 3.8) is 0 Å². The van der Waals surface area contributed by atoms with Gasteiger partial charge in [0, 0.05) is 4.47 Å². The van der Waals surface area contributed by atoms with Gasteiger partial charge in [0.25, 0.3) is 0 Å². The molecule has 0 aliphatic carbocycles. The smallest absolute Gasteiger partial charge is 0.125 e. The van der Waals surface area contributed by atoms with Crippen LogP contribution in [0.1, 0.15) is 28.7 Å². The monoisotopic (exact) mass is 279 g/mol. The summed E-state index contributed by atoms with van der Waals surface area (Å²) in [5.74, 6) is 1.68. The van der Waals surface area contributed by atoms with Crippen molar-refractivity contribution in [3.8, 4) is 0 Å². The lowest BCUT2D eigenvalue weighted by molar-refractivity contribution is 0.466. The molecule has 1 unspecified atom stereocenters. The van der Waals surface area contributed by atoms with E-state index < -0.39 is 0 Å². The van der Waals surface area contributed by atoms with Crippen LogP contribution in [-0.2, 0) is 0 Å². The molecular formula is C13H14BrNO. The highest BCUT2D eigenvalue weighted by molar-refractivity contribution is 9.10. The van der Waals surface area contributed by atoms with Crippen LogP contribution in [0.15, 0.2) is 39.2 Å². The second-order valence-electron chi connectivity index (χ2n) is 3.95. The van der Waals surface area contributed by atoms with Gasteiger partial charge in [-0.2, -0.15) is 0 Å². The Labute approximate surface area is 104 Å². The summed E-state index contributed by atoms with van der Waals surface area (Å²) in [6.07, 6.45) is 0. The minimum absolute atomic E-state index is 0.219. The zero-order chi connectivity index (χ0) is 11.7. The highest BCUT2D eigenvalue weighted by Crippen LogP contribution is 2.28. The molecule has 0 aliphatic rings. The summed E-state index contributed by atoms with van der Waals surface area (Å²) in [5.41, 5.74) is 8.41. The summed E-state index contributed by atoms with van der Waals surface area (Å²) in [6.45, 7) is 3.97. The van der Waals surface area contributed by atoms with E-state index in [1.54, 1.807) is 0 Å². The van der Waals surface area contributed by atoms with Crippen LogP contribution in [0.2, 0.25) is 0 Å². The molecule has 2 rings (SSSR count). The van der Waals surface area contributed by atoms with Gasteiger partial charge in [0.2, 0.25) is 0 Å². The van der Waals surface area contributed by atoms with Crippen LogP contribution in [0.5, 0.6) is 0 Å². The van der Waals surface area contributed by atoms with Crippen molar-refractivity contribution in [3.05, 3.63) is 57.5 Å². The number of hydrogen-bond acceptors (Lipinski definition) is 2. The summed E-state index contributed by atoms with van der Waals surface area (Å²) in [7, 11) is 0. The first-order valence-corrected chi connectivity index (χ1v) is 5.95. The van der Waals surface area contributed by atoms with Crippen LogP contribution < -0.4 is 5.73 Å². The molecule has 0 saturated heterocycles. The van der Waals surface area contributed by atoms with Crippen molar-refractivity contribution in [2.24, 2.45) is 5.73 Å². The van der Waals surface area contributed by atoms with Crippen molar-refractivity contribution in [1.29, 1.82) is 0 Å². The SMILES string of the molecule is Cc1ccc(C(N)c2ccc(C)o2)c(Br)c1. The maximum absolute atomic E-state index is 6.16. The predicted molar refractivity (Wildman–Crippen MR) is 68.4 cm³/mol. The van der Waals surface area contributed by atoms with E-state index in [0.717, 1.165) is 21.6 Å². The number of nitrogens with two attached hydrogens (primary N) is 1. The molecule has 16 heavy (non-hydrogen) atoms. The lowest BCUT2D eigenvalue weighted by Gasteiger charge is -2.12. The van der Waals surface area contributed by atoms with Crippen molar-refractivity contribution in [1.82, 2.24) is 0 Å². The van der Waals surface area contributed by atoms with Crippen LogP contribution in [0.25, 0.3) is 0 Å². The zero-order valence-electron chi connectivity index (χ0n) is 9.33. The Morgan fingerprint density at radius 1 is 1.19 bits per heavy atom. The lowest BCUT2D eigenvalue weighted by Crippen LogP contribution is -2.11. The van der Waals surface area contributed by atoms with E-state index in [4.69, 9.17) is 10.2 Å². The minimum Gasteiger partial charge on any atom is -0.464 e. The fourth-order valence-electron chi connectivity index (χ4n) is 1.66. The van der Waals surface area contributed by atoms with Gasteiger partial charge in [-0.05, 0) is 43.2 Å². The fourth-order valence-corrected chi connectivity index (χ4v) is 2.40. The van der Waals surface area contributed by atoms with Gasteiger partial charge in [-0.15, -0.1) is 0 Å². The van der Waals surface area contributed by atoms with E-state index in [1.165, 1.54) is 5.56 Å². The van der Waals surface area contributed by atoms with Gasteiger partial charge < -0.3 is 10.2 Å². The average molecular weight is 280 g/mol. The highest BCUT2D eigenvalue weighted by Gasteiger charge is 2.15. The number of hydrogen-bond donors (Lipinski definition) is 1. The Bertz CT molecular complexity index is 504. The third-order valence-corrected chi connectivity index (χ3v) is 3.25. The van der Waals surface area contributed by atoms with E-state index in [9.17, 15) is 0 Å². The second-order valence-corrected chi connectivity index (χ2v) is 4.81. The Hall–Kier alpha value is -1.06. The number of rotatable bonds is 2. The van der Waals surface area contributed by atoms with Crippen LogP contribution >= 0.6 is 15.9 Å². The van der Waals surface area contributed by atoms with E-state index >= 15 is 0 Å². The largest absolute Gasteiger partial charge is 0.464 e. The first-order chi connectivity index (χ1) is 7.58. The van der Waals surface area contributed by atoms with Gasteiger partial charge in [-0.25, -0.2) is 0 Å². The molecular weight excluding hydrogens is 266 g/mol. The summed E-state index contributed by atoms with van der Waals surface area (Å²) >= 11 is 3.53. The van der Waals surface area contributed by atoms with Gasteiger partial charge in [0.05, 0.1) is 6.04 Å². The first-order valence-electron chi connectivity index (χ1n) is 5.16. The van der Waals surface area contributed by atoms with Crippen molar-refractivity contribution < 1.29 is 4.42 Å². The van der Waals surface area contributed by atoms with Crippen molar-refractivity contribution in [2.45, 2.75) is 19.9 Å². The van der Waals surface area contributed by atoms with Gasteiger partial charge in [0.1, 0.15) is 11.5 Å². The maximum atomic E-state index is 6.16. The topological polar surface area (TPSA) is 39.2 Å². The average Bonchev–Trinajstić information content (AvgIpc) is 2.64. The molecule has 2 nitrogen and oxygen atoms in total. The second kappa shape index (κ2) is 4.44. The number of halogens is 1. The standard InChI is InChI=1S/C13H14BrNO/c1-8-3-5-10(11(14)7-8)13(15)12-6-4-9(2)16-12/h3-7,13H,15H2,1-2H3. The maximum Gasteiger partial charge on any atom is 0.125 e. The molecule has 0 fully saturated rings. The van der Waals surface area contributed by atoms with E-state index in [1.807, 2.05) is 25.1 Å². The van der Waals surface area contributed by atoms with Gasteiger partial charge in [-0.1, -0.05) is 28.1 Å². The summed E-state index contributed by atoms with van der Waals surface area (Å²) in [5, 5.41) is 0. The van der Waals surface area contributed by atoms with E-state index in [2.05, 4.69) is 35.0 Å². The van der Waals surface area contributed by atoms with Crippen LogP contribution in [-0.4, -0.2) is 0 Å². The first kappa shape index (κ1) is 11.4. The normalized spacial score (nSPS) is 12.8. The lowest BCUT2D eigenvalue weighted by atomic mass is 10.0. The Kier molecular flexibility index (Phi) is 3.17. The summed E-state index contributed by atoms with van der Waals surface area (Å²) in [4.78, 5) is 0. The number of furan rings is 1. The van der Waals surface area contributed by atoms with Crippen molar-refractivity contribution in [2.75, 3.05) is 0 Å². The number of benzene rings is 1. The molecule has 2 N–H and O–H groups in total. The Morgan fingerprint density at radius 3 is 2.50 bits per heavy atom. The molecule has 1 atom stereocenters. The van der Waals surface area contributed by atoms with Gasteiger partial charge >= 0.3 is 0 Å². The van der Waals surface area contributed by atoms with E-state index in [0.29, 0.717) is 0 Å². The minimum atomic E-state index is -0.219.